The van der Waals surface area contributed by atoms with Gasteiger partial charge in [-0.3, -0.25) is 4.79 Å². The van der Waals surface area contributed by atoms with E-state index in [1.54, 1.807) is 32.0 Å². The van der Waals surface area contributed by atoms with Crippen LogP contribution in [0.3, 0.4) is 0 Å². The third-order valence-electron chi connectivity index (χ3n) is 2.09. The first-order chi connectivity index (χ1) is 7.06. The van der Waals surface area contributed by atoms with E-state index in [1.165, 1.54) is 0 Å². The summed E-state index contributed by atoms with van der Waals surface area (Å²) >= 11 is 0. The first-order valence-corrected chi connectivity index (χ1v) is 4.58. The Hall–Kier alpha value is -1.95. The summed E-state index contributed by atoms with van der Waals surface area (Å²) in [6.45, 7) is 3.54. The normalized spacial score (nSPS) is 11.5. The average molecular weight is 203 g/mol. The minimum atomic E-state index is -0.466. The number of terminal acetylenes is 1. The zero-order chi connectivity index (χ0) is 11.4. The second-order valence-electron chi connectivity index (χ2n) is 3.22. The predicted molar refractivity (Wildman–Crippen MR) is 58.6 cm³/mol. The summed E-state index contributed by atoms with van der Waals surface area (Å²) in [6.07, 6.45) is 4.87. The number of hydrogen-bond acceptors (Lipinski definition) is 2. The van der Waals surface area contributed by atoms with Crippen LogP contribution in [0, 0.1) is 19.3 Å². The van der Waals surface area contributed by atoms with Crippen LogP contribution in [0.5, 0.6) is 5.75 Å². The van der Waals surface area contributed by atoms with E-state index in [0.29, 0.717) is 16.9 Å². The molecule has 1 rings (SSSR count). The van der Waals surface area contributed by atoms with Crippen LogP contribution >= 0.6 is 0 Å². The molecule has 1 aromatic rings. The molecule has 0 fully saturated rings. The van der Waals surface area contributed by atoms with Crippen molar-refractivity contribution in [1.82, 2.24) is 0 Å². The Morgan fingerprint density at radius 3 is 2.80 bits per heavy atom. The van der Waals surface area contributed by atoms with Gasteiger partial charge in [-0.15, -0.1) is 6.42 Å². The predicted octanol–water partition coefficient (Wildman–Crippen LogP) is 1.49. The third-order valence-corrected chi connectivity index (χ3v) is 2.09. The van der Waals surface area contributed by atoms with Gasteiger partial charge < -0.3 is 10.5 Å². The Morgan fingerprint density at radius 1 is 1.60 bits per heavy atom. The molecule has 0 spiro atoms. The Bertz CT molecular complexity index is 418. The molecule has 1 amide bonds. The molecule has 78 valence electrons. The third kappa shape index (κ3) is 2.50. The van der Waals surface area contributed by atoms with E-state index in [2.05, 4.69) is 5.92 Å². The molecule has 2 N–H and O–H groups in total. The fraction of sp³-hybridized carbons (Fsp3) is 0.250. The second-order valence-corrected chi connectivity index (χ2v) is 3.22. The van der Waals surface area contributed by atoms with Crippen LogP contribution in [0.2, 0.25) is 0 Å². The average Bonchev–Trinajstić information content (AvgIpc) is 2.20. The van der Waals surface area contributed by atoms with E-state index < -0.39 is 5.91 Å². The molecule has 15 heavy (non-hydrogen) atoms. The van der Waals surface area contributed by atoms with Crippen LogP contribution in [0.15, 0.2) is 18.2 Å². The molecule has 0 aliphatic rings. The molecule has 1 aromatic carbocycles. The Morgan fingerprint density at radius 2 is 2.27 bits per heavy atom. The largest absolute Gasteiger partial charge is 0.478 e. The summed E-state index contributed by atoms with van der Waals surface area (Å²) in [4.78, 5) is 11.1. The summed E-state index contributed by atoms with van der Waals surface area (Å²) in [6, 6.07) is 5.13. The van der Waals surface area contributed by atoms with E-state index in [9.17, 15) is 4.79 Å². The fourth-order valence-corrected chi connectivity index (χ4v) is 1.23. The molecule has 3 nitrogen and oxygen atoms in total. The number of primary amides is 1. The number of hydrogen-bond donors (Lipinski definition) is 1. The van der Waals surface area contributed by atoms with Gasteiger partial charge in [-0.25, -0.2) is 0 Å². The summed E-state index contributed by atoms with van der Waals surface area (Å²) in [5.74, 6) is 2.58. The number of ether oxygens (including phenoxy) is 1. The zero-order valence-corrected chi connectivity index (χ0v) is 8.78. The summed E-state index contributed by atoms with van der Waals surface area (Å²) < 4.78 is 5.44. The van der Waals surface area contributed by atoms with Crippen molar-refractivity contribution in [1.29, 1.82) is 0 Å². The molecule has 0 heterocycles. The quantitative estimate of drug-likeness (QED) is 0.757. The lowest BCUT2D eigenvalue weighted by Crippen LogP contribution is -2.15. The van der Waals surface area contributed by atoms with Gasteiger partial charge in [-0.05, 0) is 26.0 Å². The molecular weight excluding hydrogens is 190 g/mol. The molecule has 0 aliphatic heterocycles. The number of carbonyl (C=O) groups is 1. The monoisotopic (exact) mass is 203 g/mol. The van der Waals surface area contributed by atoms with Crippen LogP contribution < -0.4 is 10.5 Å². The van der Waals surface area contributed by atoms with E-state index in [0.717, 1.165) is 0 Å². The maximum absolute atomic E-state index is 11.1. The number of carbonyl (C=O) groups excluding carboxylic acids is 1. The van der Waals surface area contributed by atoms with Crippen LogP contribution in [0.1, 0.15) is 22.8 Å². The number of benzene rings is 1. The van der Waals surface area contributed by atoms with Gasteiger partial charge in [-0.1, -0.05) is 12.0 Å². The van der Waals surface area contributed by atoms with Gasteiger partial charge in [0.1, 0.15) is 5.75 Å². The molecule has 1 unspecified atom stereocenters. The van der Waals surface area contributed by atoms with Crippen molar-refractivity contribution in [2.45, 2.75) is 20.0 Å². The zero-order valence-electron chi connectivity index (χ0n) is 8.78. The lowest BCUT2D eigenvalue weighted by atomic mass is 10.1. The van der Waals surface area contributed by atoms with Crippen molar-refractivity contribution in [2.24, 2.45) is 5.73 Å². The Kier molecular flexibility index (Phi) is 3.35. The highest BCUT2D eigenvalue weighted by molar-refractivity contribution is 5.94. The molecule has 3 heteroatoms. The van der Waals surface area contributed by atoms with Crippen LogP contribution in [0.25, 0.3) is 0 Å². The molecule has 0 aromatic heterocycles. The van der Waals surface area contributed by atoms with Crippen molar-refractivity contribution in [3.05, 3.63) is 29.3 Å². The molecule has 0 aliphatic carbocycles. The van der Waals surface area contributed by atoms with Crippen molar-refractivity contribution in [3.8, 4) is 18.1 Å². The Labute approximate surface area is 89.2 Å². The highest BCUT2D eigenvalue weighted by Gasteiger charge is 2.10. The number of nitrogens with two attached hydrogens (primary N) is 1. The van der Waals surface area contributed by atoms with Crippen molar-refractivity contribution >= 4 is 5.91 Å². The lowest BCUT2D eigenvalue weighted by molar-refractivity contribution is 0.0999. The van der Waals surface area contributed by atoms with Crippen molar-refractivity contribution in [2.75, 3.05) is 0 Å². The second kappa shape index (κ2) is 4.52. The molecule has 0 saturated heterocycles. The summed E-state index contributed by atoms with van der Waals surface area (Å²) in [5, 5.41) is 0. The summed E-state index contributed by atoms with van der Waals surface area (Å²) in [5.41, 5.74) is 6.38. The van der Waals surface area contributed by atoms with Gasteiger partial charge in [0.25, 0.3) is 0 Å². The van der Waals surface area contributed by atoms with Crippen molar-refractivity contribution in [3.63, 3.8) is 0 Å². The fourth-order valence-electron chi connectivity index (χ4n) is 1.23. The number of rotatable bonds is 3. The van der Waals surface area contributed by atoms with Crippen LogP contribution in [0.4, 0.5) is 0 Å². The molecule has 1 atom stereocenters. The molecule has 0 bridgehead atoms. The van der Waals surface area contributed by atoms with Gasteiger partial charge >= 0.3 is 0 Å². The molecule has 0 saturated carbocycles. The SMILES string of the molecule is C#CC(C)Oc1cccc(C(N)=O)c1C. The maximum Gasteiger partial charge on any atom is 0.249 e. The Balaban J connectivity index is 3.06. The topological polar surface area (TPSA) is 52.3 Å². The standard InChI is InChI=1S/C12H13NO2/c1-4-8(2)15-11-7-5-6-10(9(11)3)12(13)14/h1,5-8H,2-3H3,(H2,13,14). The molecular formula is C12H13NO2. The highest BCUT2D eigenvalue weighted by Crippen LogP contribution is 2.21. The van der Waals surface area contributed by atoms with Gasteiger partial charge in [-0.2, -0.15) is 0 Å². The van der Waals surface area contributed by atoms with Crippen LogP contribution in [-0.2, 0) is 0 Å². The molecule has 0 radical (unpaired) electrons. The number of amides is 1. The highest BCUT2D eigenvalue weighted by atomic mass is 16.5. The van der Waals surface area contributed by atoms with E-state index in [-0.39, 0.29) is 6.10 Å². The van der Waals surface area contributed by atoms with Gasteiger partial charge in [0.05, 0.1) is 0 Å². The first-order valence-electron chi connectivity index (χ1n) is 4.58. The van der Waals surface area contributed by atoms with E-state index in [4.69, 9.17) is 16.9 Å². The first kappa shape index (κ1) is 11.1. The minimum Gasteiger partial charge on any atom is -0.478 e. The van der Waals surface area contributed by atoms with Gasteiger partial charge in [0.2, 0.25) is 5.91 Å². The maximum atomic E-state index is 11.1. The minimum absolute atomic E-state index is 0.327. The summed E-state index contributed by atoms with van der Waals surface area (Å²) in [7, 11) is 0. The van der Waals surface area contributed by atoms with Gasteiger partial charge in [0.15, 0.2) is 6.10 Å². The lowest BCUT2D eigenvalue weighted by Gasteiger charge is -2.13. The van der Waals surface area contributed by atoms with E-state index in [1.807, 2.05) is 0 Å². The van der Waals surface area contributed by atoms with Gasteiger partial charge in [0, 0.05) is 11.1 Å². The van der Waals surface area contributed by atoms with Crippen molar-refractivity contribution < 1.29 is 9.53 Å². The smallest absolute Gasteiger partial charge is 0.249 e. The van der Waals surface area contributed by atoms with E-state index >= 15 is 0 Å². The van der Waals surface area contributed by atoms with Crippen LogP contribution in [-0.4, -0.2) is 12.0 Å².